The number of hydrogen-bond donors (Lipinski definition) is 2. The lowest BCUT2D eigenvalue weighted by Crippen LogP contribution is -3.12. The highest BCUT2D eigenvalue weighted by molar-refractivity contribution is 5.95. The van der Waals surface area contributed by atoms with Gasteiger partial charge in [-0.15, -0.1) is 0 Å². The Morgan fingerprint density at radius 1 is 1.11 bits per heavy atom. The quantitative estimate of drug-likeness (QED) is 0.432. The van der Waals surface area contributed by atoms with Gasteiger partial charge in [0.1, 0.15) is 5.69 Å². The third-order valence-corrected chi connectivity index (χ3v) is 5.68. The molecule has 148 valence electrons. The highest BCUT2D eigenvalue weighted by Gasteiger charge is 2.23. The number of nitro benzene ring substituents is 1. The minimum Gasteiger partial charge on any atom is -0.366 e. The molecule has 0 radical (unpaired) electrons. The lowest BCUT2D eigenvalue weighted by Gasteiger charge is -2.28. The van der Waals surface area contributed by atoms with Crippen LogP contribution in [0.25, 0.3) is 0 Å². The minimum atomic E-state index is -0.375. The first-order valence-electron chi connectivity index (χ1n) is 10.3. The van der Waals surface area contributed by atoms with Crippen molar-refractivity contribution in [1.82, 2.24) is 5.32 Å². The molecule has 7 heteroatoms. The van der Waals surface area contributed by atoms with Crippen molar-refractivity contribution in [3.63, 3.8) is 0 Å². The van der Waals surface area contributed by atoms with Crippen LogP contribution in [-0.4, -0.2) is 50.1 Å². The Kier molecular flexibility index (Phi) is 7.04. The first-order valence-corrected chi connectivity index (χ1v) is 10.3. The van der Waals surface area contributed by atoms with E-state index in [2.05, 4.69) is 10.2 Å². The Bertz CT molecular complexity index is 653. The van der Waals surface area contributed by atoms with E-state index in [0.29, 0.717) is 17.8 Å². The minimum absolute atomic E-state index is 0.0299. The lowest BCUT2D eigenvalue weighted by atomic mass is 10.1. The lowest BCUT2D eigenvalue weighted by molar-refractivity contribution is -0.904. The van der Waals surface area contributed by atoms with E-state index in [0.717, 1.165) is 38.9 Å². The standard InChI is InChI=1S/C20H30N4O3/c25-20(21-10-7-13-22-11-3-1-4-12-22)17-8-9-18(19(16-17)24(26)27)23-14-5-2-6-15-23/h8-9,16H,1-7,10-15H2,(H,21,25)/p+1. The monoisotopic (exact) mass is 375 g/mol. The molecule has 2 aliphatic heterocycles. The molecular weight excluding hydrogens is 344 g/mol. The first-order chi connectivity index (χ1) is 13.1. The summed E-state index contributed by atoms with van der Waals surface area (Å²) < 4.78 is 0. The summed E-state index contributed by atoms with van der Waals surface area (Å²) in [4.78, 5) is 27.2. The van der Waals surface area contributed by atoms with Gasteiger partial charge in [0, 0.05) is 37.7 Å². The van der Waals surface area contributed by atoms with Crippen molar-refractivity contribution in [2.75, 3.05) is 44.2 Å². The number of hydrogen-bond acceptors (Lipinski definition) is 4. The smallest absolute Gasteiger partial charge is 0.293 e. The van der Waals surface area contributed by atoms with Gasteiger partial charge in [-0.25, -0.2) is 0 Å². The van der Waals surface area contributed by atoms with Crippen LogP contribution in [0.5, 0.6) is 0 Å². The van der Waals surface area contributed by atoms with Crippen LogP contribution in [0.2, 0.25) is 0 Å². The van der Waals surface area contributed by atoms with Crippen molar-refractivity contribution >= 4 is 17.3 Å². The summed E-state index contributed by atoms with van der Waals surface area (Å²) in [5.74, 6) is -0.225. The van der Waals surface area contributed by atoms with Gasteiger partial charge >= 0.3 is 0 Å². The maximum Gasteiger partial charge on any atom is 0.293 e. The summed E-state index contributed by atoms with van der Waals surface area (Å²) in [6, 6.07) is 4.87. The topological polar surface area (TPSA) is 79.9 Å². The maximum atomic E-state index is 12.4. The van der Waals surface area contributed by atoms with E-state index in [9.17, 15) is 14.9 Å². The van der Waals surface area contributed by atoms with E-state index < -0.39 is 0 Å². The van der Waals surface area contributed by atoms with E-state index >= 15 is 0 Å². The zero-order chi connectivity index (χ0) is 19.1. The normalized spacial score (nSPS) is 18.3. The van der Waals surface area contributed by atoms with Crippen LogP contribution < -0.4 is 15.1 Å². The molecule has 0 saturated carbocycles. The summed E-state index contributed by atoms with van der Waals surface area (Å²) in [5, 5.41) is 14.4. The number of nitrogens with zero attached hydrogens (tertiary/aromatic N) is 2. The Morgan fingerprint density at radius 2 is 1.81 bits per heavy atom. The SMILES string of the molecule is O=C(NCCC[NH+]1CCCCC1)c1ccc(N2CCCCC2)c([N+](=O)[O-])c1. The Balaban J connectivity index is 1.55. The van der Waals surface area contributed by atoms with Crippen LogP contribution in [0, 0.1) is 10.1 Å². The van der Waals surface area contributed by atoms with Crippen molar-refractivity contribution in [3.05, 3.63) is 33.9 Å². The number of rotatable bonds is 7. The molecule has 2 saturated heterocycles. The van der Waals surface area contributed by atoms with E-state index in [1.165, 1.54) is 44.8 Å². The van der Waals surface area contributed by atoms with Crippen molar-refractivity contribution < 1.29 is 14.6 Å². The van der Waals surface area contributed by atoms with Crippen LogP contribution in [0.1, 0.15) is 55.3 Å². The molecule has 27 heavy (non-hydrogen) atoms. The van der Waals surface area contributed by atoms with Gasteiger partial charge in [-0.1, -0.05) is 0 Å². The van der Waals surface area contributed by atoms with Crippen LogP contribution in [0.15, 0.2) is 18.2 Å². The van der Waals surface area contributed by atoms with Gasteiger partial charge < -0.3 is 15.1 Å². The summed E-state index contributed by atoms with van der Waals surface area (Å²) >= 11 is 0. The van der Waals surface area contributed by atoms with Gasteiger partial charge in [0.15, 0.2) is 0 Å². The van der Waals surface area contributed by atoms with Crippen LogP contribution in [-0.2, 0) is 0 Å². The predicted octanol–water partition coefficient (Wildman–Crippen LogP) is 1.77. The van der Waals surface area contributed by atoms with Gasteiger partial charge in [0.25, 0.3) is 11.6 Å². The molecule has 2 fully saturated rings. The Hall–Kier alpha value is -2.15. The summed E-state index contributed by atoms with van der Waals surface area (Å²) in [5.41, 5.74) is 1.03. The van der Waals surface area contributed by atoms with Crippen molar-refractivity contribution in [1.29, 1.82) is 0 Å². The molecule has 0 bridgehead atoms. The highest BCUT2D eigenvalue weighted by atomic mass is 16.6. The summed E-state index contributed by atoms with van der Waals surface area (Å²) in [6.07, 6.45) is 8.16. The summed E-state index contributed by atoms with van der Waals surface area (Å²) in [7, 11) is 0. The second-order valence-electron chi connectivity index (χ2n) is 7.68. The molecule has 0 spiro atoms. The number of quaternary nitrogens is 1. The fourth-order valence-electron chi connectivity index (χ4n) is 4.16. The number of nitrogens with one attached hydrogen (secondary N) is 2. The predicted molar refractivity (Wildman–Crippen MR) is 106 cm³/mol. The molecule has 2 N–H and O–H groups in total. The Labute approximate surface area is 160 Å². The maximum absolute atomic E-state index is 12.4. The fourth-order valence-corrected chi connectivity index (χ4v) is 4.16. The van der Waals surface area contributed by atoms with E-state index in [4.69, 9.17) is 0 Å². The largest absolute Gasteiger partial charge is 0.366 e. The number of likely N-dealkylation sites (tertiary alicyclic amines) is 1. The molecule has 0 atom stereocenters. The average molecular weight is 375 g/mol. The van der Waals surface area contributed by atoms with E-state index in [1.807, 2.05) is 0 Å². The van der Waals surface area contributed by atoms with Crippen LogP contribution >= 0.6 is 0 Å². The zero-order valence-corrected chi connectivity index (χ0v) is 16.0. The van der Waals surface area contributed by atoms with Gasteiger partial charge in [-0.05, 0) is 50.7 Å². The molecule has 0 aromatic heterocycles. The molecule has 2 heterocycles. The van der Waals surface area contributed by atoms with Gasteiger partial charge in [0.05, 0.1) is 24.6 Å². The third-order valence-electron chi connectivity index (χ3n) is 5.68. The molecule has 3 rings (SSSR count). The van der Waals surface area contributed by atoms with Crippen molar-refractivity contribution in [3.8, 4) is 0 Å². The first kappa shape index (κ1) is 19.6. The second kappa shape index (κ2) is 9.69. The number of piperidine rings is 2. The van der Waals surface area contributed by atoms with Gasteiger partial charge in [-0.2, -0.15) is 0 Å². The number of carbonyl (C=O) groups excluding carboxylic acids is 1. The van der Waals surface area contributed by atoms with Gasteiger partial charge in [-0.3, -0.25) is 14.9 Å². The molecule has 0 aliphatic carbocycles. The number of nitro groups is 1. The Morgan fingerprint density at radius 3 is 2.52 bits per heavy atom. The number of anilines is 1. The number of amides is 1. The second-order valence-corrected chi connectivity index (χ2v) is 7.68. The van der Waals surface area contributed by atoms with E-state index in [-0.39, 0.29) is 16.5 Å². The summed E-state index contributed by atoms with van der Waals surface area (Å²) in [6.45, 7) is 5.84. The van der Waals surface area contributed by atoms with Crippen LogP contribution in [0.3, 0.4) is 0 Å². The molecule has 2 aliphatic rings. The molecule has 1 aromatic rings. The van der Waals surface area contributed by atoms with E-state index in [1.54, 1.807) is 17.0 Å². The zero-order valence-electron chi connectivity index (χ0n) is 16.0. The molecule has 0 unspecified atom stereocenters. The molecular formula is C20H31N4O3+. The average Bonchev–Trinajstić information content (AvgIpc) is 2.72. The molecule has 1 amide bonds. The van der Waals surface area contributed by atoms with Crippen molar-refractivity contribution in [2.24, 2.45) is 0 Å². The number of carbonyl (C=O) groups is 1. The molecule has 1 aromatic carbocycles. The van der Waals surface area contributed by atoms with Crippen LogP contribution in [0.4, 0.5) is 11.4 Å². The van der Waals surface area contributed by atoms with Crippen molar-refractivity contribution in [2.45, 2.75) is 44.9 Å². The highest BCUT2D eigenvalue weighted by Crippen LogP contribution is 2.31. The van der Waals surface area contributed by atoms with Gasteiger partial charge in [0.2, 0.25) is 0 Å². The number of benzene rings is 1. The molecule has 7 nitrogen and oxygen atoms in total. The fraction of sp³-hybridized carbons (Fsp3) is 0.650. The third kappa shape index (κ3) is 5.42.